The van der Waals surface area contributed by atoms with Gasteiger partial charge in [0.1, 0.15) is 4.90 Å². The maximum atomic E-state index is 12.4. The summed E-state index contributed by atoms with van der Waals surface area (Å²) in [6, 6.07) is 1.45. The van der Waals surface area contributed by atoms with Crippen LogP contribution >= 0.6 is 15.9 Å². The Balaban J connectivity index is 2.90. The van der Waals surface area contributed by atoms with Crippen LogP contribution in [0.2, 0.25) is 0 Å². The average molecular weight is 381 g/mol. The second-order valence-electron chi connectivity index (χ2n) is 5.38. The lowest BCUT2D eigenvalue weighted by Gasteiger charge is -2.24. The van der Waals surface area contributed by atoms with Crippen molar-refractivity contribution in [1.82, 2.24) is 9.71 Å². The number of anilines is 1. The van der Waals surface area contributed by atoms with Crippen LogP contribution in [-0.4, -0.2) is 33.7 Å². The van der Waals surface area contributed by atoms with Gasteiger partial charge in [0.2, 0.25) is 10.0 Å². The monoisotopic (exact) mass is 380 g/mol. The first-order valence-corrected chi connectivity index (χ1v) is 8.60. The van der Waals surface area contributed by atoms with E-state index in [0.29, 0.717) is 11.1 Å². The average Bonchev–Trinajstić information content (AvgIpc) is 2.43. The van der Waals surface area contributed by atoms with E-state index >= 15 is 0 Å². The molecule has 0 aromatic carbocycles. The molecular weight excluding hydrogens is 360 g/mol. The van der Waals surface area contributed by atoms with Gasteiger partial charge in [-0.3, -0.25) is 0 Å². The second kappa shape index (κ2) is 7.50. The van der Waals surface area contributed by atoms with Crippen molar-refractivity contribution in [3.05, 3.63) is 16.7 Å². The number of halogens is 1. The minimum Gasteiger partial charge on any atom is -0.385 e. The molecule has 0 fully saturated rings. The van der Waals surface area contributed by atoms with Crippen molar-refractivity contribution in [3.8, 4) is 0 Å². The zero-order valence-electron chi connectivity index (χ0n) is 12.3. The van der Waals surface area contributed by atoms with Crippen molar-refractivity contribution in [2.45, 2.75) is 25.2 Å². The molecule has 0 aliphatic heterocycles. The fraction of sp³-hybridized carbons (Fsp3) is 0.583. The van der Waals surface area contributed by atoms with Crippen LogP contribution in [0.25, 0.3) is 0 Å². The van der Waals surface area contributed by atoms with Crippen LogP contribution in [0.4, 0.5) is 5.82 Å². The molecule has 0 spiro atoms. The Bertz CT molecular complexity index is 578. The van der Waals surface area contributed by atoms with E-state index in [1.807, 2.05) is 13.8 Å². The summed E-state index contributed by atoms with van der Waals surface area (Å²) >= 11 is 3.20. The number of rotatable bonds is 8. The molecule has 1 aromatic rings. The fourth-order valence-corrected chi connectivity index (χ4v) is 3.44. The summed E-state index contributed by atoms with van der Waals surface area (Å²) in [7, 11) is -2.09. The van der Waals surface area contributed by atoms with Crippen LogP contribution in [0.15, 0.2) is 21.6 Å². The number of sulfonamides is 1. The van der Waals surface area contributed by atoms with Crippen LogP contribution in [-0.2, 0) is 14.8 Å². The van der Waals surface area contributed by atoms with Crippen LogP contribution in [0.3, 0.4) is 0 Å². The topological polar surface area (TPSA) is 106 Å². The Labute approximate surface area is 133 Å². The van der Waals surface area contributed by atoms with E-state index in [1.54, 1.807) is 7.11 Å². The third-order valence-electron chi connectivity index (χ3n) is 2.97. The molecule has 0 unspecified atom stereocenters. The van der Waals surface area contributed by atoms with E-state index in [0.717, 1.165) is 6.42 Å². The molecule has 0 saturated heterocycles. The lowest BCUT2D eigenvalue weighted by atomic mass is 9.90. The summed E-state index contributed by atoms with van der Waals surface area (Å²) in [6.45, 7) is 4.80. The Kier molecular flexibility index (Phi) is 6.54. The smallest absolute Gasteiger partial charge is 0.244 e. The molecule has 9 heteroatoms. The largest absolute Gasteiger partial charge is 0.385 e. The van der Waals surface area contributed by atoms with E-state index in [2.05, 4.69) is 31.1 Å². The van der Waals surface area contributed by atoms with Gasteiger partial charge < -0.3 is 10.2 Å². The number of nitrogens with zero attached hydrogens (tertiary/aromatic N) is 1. The number of ether oxygens (including phenoxy) is 1. The molecule has 0 atom stereocenters. The number of pyridine rings is 1. The summed E-state index contributed by atoms with van der Waals surface area (Å²) in [4.78, 5) is 3.94. The molecule has 4 N–H and O–H groups in total. The van der Waals surface area contributed by atoms with Gasteiger partial charge in [0.25, 0.3) is 0 Å². The zero-order chi connectivity index (χ0) is 16.1. The number of hydrogen-bond acceptors (Lipinski definition) is 6. The number of aromatic nitrogens is 1. The van der Waals surface area contributed by atoms with Crippen LogP contribution < -0.4 is 16.0 Å². The third-order valence-corrected chi connectivity index (χ3v) is 4.82. The standard InChI is InChI=1S/C12H21BrN4O3S/c1-12(2,4-5-20-3)8-16-21(18,19)10-6-9(13)7-15-11(10)17-14/h6-7,16H,4-5,8,14H2,1-3H3,(H,15,17). The maximum absolute atomic E-state index is 12.4. The fourth-order valence-electron chi connectivity index (χ4n) is 1.57. The van der Waals surface area contributed by atoms with Crippen LogP contribution in [0, 0.1) is 5.41 Å². The second-order valence-corrected chi connectivity index (χ2v) is 8.03. The zero-order valence-corrected chi connectivity index (χ0v) is 14.7. The first-order chi connectivity index (χ1) is 9.72. The summed E-state index contributed by atoms with van der Waals surface area (Å²) in [5.74, 6) is 5.41. The number of nitrogens with two attached hydrogens (primary N) is 1. The van der Waals surface area contributed by atoms with Gasteiger partial charge >= 0.3 is 0 Å². The van der Waals surface area contributed by atoms with Crippen molar-refractivity contribution in [2.24, 2.45) is 11.3 Å². The first-order valence-electron chi connectivity index (χ1n) is 6.32. The Morgan fingerprint density at radius 3 is 2.71 bits per heavy atom. The lowest BCUT2D eigenvalue weighted by Crippen LogP contribution is -2.35. The van der Waals surface area contributed by atoms with E-state index < -0.39 is 10.0 Å². The van der Waals surface area contributed by atoms with E-state index in [1.165, 1.54) is 12.3 Å². The number of nitrogens with one attached hydrogen (secondary N) is 2. The highest BCUT2D eigenvalue weighted by Gasteiger charge is 2.24. The van der Waals surface area contributed by atoms with Gasteiger partial charge in [-0.1, -0.05) is 13.8 Å². The Morgan fingerprint density at radius 2 is 2.14 bits per heavy atom. The van der Waals surface area contributed by atoms with Gasteiger partial charge in [-0.2, -0.15) is 0 Å². The molecule has 1 aromatic heterocycles. The number of hydrogen-bond donors (Lipinski definition) is 3. The molecule has 1 rings (SSSR count). The normalized spacial score (nSPS) is 12.4. The highest BCUT2D eigenvalue weighted by Crippen LogP contribution is 2.24. The predicted molar refractivity (Wildman–Crippen MR) is 85.2 cm³/mol. The first kappa shape index (κ1) is 18.3. The molecule has 0 radical (unpaired) electrons. The maximum Gasteiger partial charge on any atom is 0.244 e. The summed E-state index contributed by atoms with van der Waals surface area (Å²) in [5.41, 5.74) is 2.07. The van der Waals surface area contributed by atoms with E-state index in [4.69, 9.17) is 10.6 Å². The van der Waals surface area contributed by atoms with E-state index in [-0.39, 0.29) is 22.7 Å². The molecule has 0 aliphatic carbocycles. The number of hydrazine groups is 1. The summed E-state index contributed by atoms with van der Waals surface area (Å²) in [5, 5.41) is 0. The summed E-state index contributed by atoms with van der Waals surface area (Å²) in [6.07, 6.45) is 2.21. The Morgan fingerprint density at radius 1 is 1.48 bits per heavy atom. The SMILES string of the molecule is COCCC(C)(C)CNS(=O)(=O)c1cc(Br)cnc1NN. The molecule has 21 heavy (non-hydrogen) atoms. The predicted octanol–water partition coefficient (Wildman–Crippen LogP) is 1.47. The highest BCUT2D eigenvalue weighted by atomic mass is 79.9. The van der Waals surface area contributed by atoms with Gasteiger partial charge in [-0.25, -0.2) is 24.0 Å². The number of nitrogen functional groups attached to an aromatic ring is 1. The summed E-state index contributed by atoms with van der Waals surface area (Å²) < 4.78 is 32.9. The molecule has 0 saturated carbocycles. The molecule has 7 nitrogen and oxygen atoms in total. The van der Waals surface area contributed by atoms with Crippen molar-refractivity contribution in [3.63, 3.8) is 0 Å². The van der Waals surface area contributed by atoms with Crippen molar-refractivity contribution < 1.29 is 13.2 Å². The Hall–Kier alpha value is -0.740. The molecule has 120 valence electrons. The van der Waals surface area contributed by atoms with E-state index in [9.17, 15) is 8.42 Å². The van der Waals surface area contributed by atoms with Crippen molar-refractivity contribution in [2.75, 3.05) is 25.7 Å². The molecular formula is C12H21BrN4O3S. The molecule has 0 amide bonds. The van der Waals surface area contributed by atoms with Crippen molar-refractivity contribution in [1.29, 1.82) is 0 Å². The van der Waals surface area contributed by atoms with Gasteiger partial charge in [0.05, 0.1) is 0 Å². The molecule has 1 heterocycles. The molecule has 0 bridgehead atoms. The molecule has 0 aliphatic rings. The van der Waals surface area contributed by atoms with Gasteiger partial charge in [-0.05, 0) is 33.8 Å². The van der Waals surface area contributed by atoms with Gasteiger partial charge in [0.15, 0.2) is 5.82 Å². The van der Waals surface area contributed by atoms with Crippen molar-refractivity contribution >= 4 is 31.8 Å². The quantitative estimate of drug-likeness (QED) is 0.465. The minimum absolute atomic E-state index is 0.00177. The number of methoxy groups -OCH3 is 1. The lowest BCUT2D eigenvalue weighted by molar-refractivity contribution is 0.153. The third kappa shape index (κ3) is 5.51. The van der Waals surface area contributed by atoms with Crippen LogP contribution in [0.5, 0.6) is 0 Å². The van der Waals surface area contributed by atoms with Gasteiger partial charge in [0, 0.05) is 30.9 Å². The minimum atomic E-state index is -3.71. The van der Waals surface area contributed by atoms with Gasteiger partial charge in [-0.15, -0.1) is 0 Å². The van der Waals surface area contributed by atoms with Crippen LogP contribution in [0.1, 0.15) is 20.3 Å². The highest BCUT2D eigenvalue weighted by molar-refractivity contribution is 9.10.